The van der Waals surface area contributed by atoms with Crippen molar-refractivity contribution in [1.82, 2.24) is 4.90 Å². The Bertz CT molecular complexity index is 1950. The predicted octanol–water partition coefficient (Wildman–Crippen LogP) is 9.19. The number of carbonyl (C=O) groups excluding carboxylic acids is 1. The van der Waals surface area contributed by atoms with Crippen LogP contribution in [0.2, 0.25) is 0 Å². The van der Waals surface area contributed by atoms with Gasteiger partial charge in [0, 0.05) is 53.5 Å². The molecule has 0 aromatic heterocycles. The van der Waals surface area contributed by atoms with E-state index in [0.717, 1.165) is 38.2 Å². The van der Waals surface area contributed by atoms with E-state index < -0.39 is 39.6 Å². The van der Waals surface area contributed by atoms with Crippen LogP contribution in [-0.4, -0.2) is 39.6 Å². The van der Waals surface area contributed by atoms with E-state index in [1.165, 1.54) is 0 Å². The quantitative estimate of drug-likeness (QED) is 0.219. The van der Waals surface area contributed by atoms with Crippen LogP contribution in [0.4, 0.5) is 4.79 Å². The van der Waals surface area contributed by atoms with E-state index in [4.69, 9.17) is 24.0 Å². The molecule has 3 heterocycles. The molecule has 0 aliphatic carbocycles. The maximum absolute atomic E-state index is 14.1. The molecule has 1 N–H and O–H groups in total. The third-order valence-corrected chi connectivity index (χ3v) is 9.98. The molecule has 0 unspecified atom stereocenters. The molecule has 0 radical (unpaired) electrons. The Kier molecular flexibility index (Phi) is 6.65. The first-order chi connectivity index (χ1) is 21.8. The molecule has 3 aliphatic rings. The van der Waals surface area contributed by atoms with Crippen LogP contribution in [0.15, 0.2) is 60.7 Å². The monoisotopic (exact) mass is 639 g/mol. The number of fused-ring (bicyclic) bond motifs is 4. The zero-order chi connectivity index (χ0) is 33.9. The molecule has 248 valence electrons. The van der Waals surface area contributed by atoms with Crippen LogP contribution in [0, 0.1) is 10.8 Å². The molecule has 47 heavy (non-hydrogen) atoms. The average molecular weight is 640 g/mol. The Balaban J connectivity index is 1.55. The van der Waals surface area contributed by atoms with Gasteiger partial charge in [-0.25, -0.2) is 9.68 Å². The SMILES string of the molecule is CC(C)(C)OC(=O)N1CC(C)(C)[C@]2(C(C)(C)C)OO[C@]12c1cccc2c(-c3c4c(cc5ccccc35)COC(C)(C)O4)c(O)ccc12. The summed E-state index contributed by atoms with van der Waals surface area (Å²) in [5, 5.41) is 15.3. The highest BCUT2D eigenvalue weighted by Gasteiger charge is 2.84. The molecule has 2 atom stereocenters. The number of rotatable bonds is 2. The molecule has 8 nitrogen and oxygen atoms in total. The van der Waals surface area contributed by atoms with E-state index in [9.17, 15) is 9.90 Å². The molecule has 0 bridgehead atoms. The smallest absolute Gasteiger partial charge is 0.413 e. The number of benzene rings is 4. The van der Waals surface area contributed by atoms with Crippen molar-refractivity contribution in [2.24, 2.45) is 10.8 Å². The van der Waals surface area contributed by atoms with Crippen molar-refractivity contribution in [3.63, 3.8) is 0 Å². The zero-order valence-corrected chi connectivity index (χ0v) is 29.0. The number of carbonyl (C=O) groups is 1. The molecule has 4 aromatic rings. The number of phenolic OH excluding ortho intramolecular Hbond substituents is 1. The molecule has 1 amide bonds. The van der Waals surface area contributed by atoms with Crippen molar-refractivity contribution < 1.29 is 33.9 Å². The number of aromatic hydroxyl groups is 1. The summed E-state index contributed by atoms with van der Waals surface area (Å²) < 4.78 is 18.6. The van der Waals surface area contributed by atoms with E-state index >= 15 is 0 Å². The summed E-state index contributed by atoms with van der Waals surface area (Å²) in [6.45, 7) is 20.7. The molecule has 2 saturated heterocycles. The van der Waals surface area contributed by atoms with Gasteiger partial charge in [0.1, 0.15) is 17.1 Å². The molecule has 3 aliphatic heterocycles. The predicted molar refractivity (Wildman–Crippen MR) is 181 cm³/mol. The lowest BCUT2D eigenvalue weighted by Gasteiger charge is -2.63. The average Bonchev–Trinajstić information content (AvgIpc) is 3.08. The van der Waals surface area contributed by atoms with Gasteiger partial charge in [-0.15, -0.1) is 0 Å². The van der Waals surface area contributed by atoms with Crippen LogP contribution in [0.25, 0.3) is 32.7 Å². The van der Waals surface area contributed by atoms with E-state index in [-0.39, 0.29) is 5.75 Å². The van der Waals surface area contributed by atoms with Crippen LogP contribution < -0.4 is 4.74 Å². The fraction of sp³-hybridized carbons (Fsp3) is 0.462. The minimum atomic E-state index is -1.32. The summed E-state index contributed by atoms with van der Waals surface area (Å²) in [7, 11) is 0. The Morgan fingerprint density at radius 2 is 1.55 bits per heavy atom. The summed E-state index contributed by atoms with van der Waals surface area (Å²) in [6.07, 6.45) is -0.477. The highest BCUT2D eigenvalue weighted by atomic mass is 17.3. The van der Waals surface area contributed by atoms with Crippen LogP contribution in [0.3, 0.4) is 0 Å². The summed E-state index contributed by atoms with van der Waals surface area (Å²) in [5.74, 6) is -0.0698. The van der Waals surface area contributed by atoms with E-state index in [0.29, 0.717) is 24.5 Å². The van der Waals surface area contributed by atoms with Crippen LogP contribution >= 0.6 is 0 Å². The molecular weight excluding hydrogens is 594 g/mol. The van der Waals surface area contributed by atoms with Gasteiger partial charge >= 0.3 is 6.09 Å². The second-order valence-corrected chi connectivity index (χ2v) is 16.3. The minimum absolute atomic E-state index is 0.113. The van der Waals surface area contributed by atoms with Gasteiger partial charge < -0.3 is 19.3 Å². The third kappa shape index (κ3) is 4.34. The van der Waals surface area contributed by atoms with Crippen molar-refractivity contribution in [1.29, 1.82) is 0 Å². The number of ether oxygens (including phenoxy) is 3. The normalized spacial score (nSPS) is 24.8. The van der Waals surface area contributed by atoms with Gasteiger partial charge in [-0.3, -0.25) is 4.90 Å². The van der Waals surface area contributed by atoms with Crippen molar-refractivity contribution in [3.8, 4) is 22.6 Å². The molecular formula is C39H45NO7. The van der Waals surface area contributed by atoms with Gasteiger partial charge in [-0.1, -0.05) is 83.1 Å². The Labute approximate surface area is 276 Å². The molecule has 2 fully saturated rings. The van der Waals surface area contributed by atoms with E-state index in [1.807, 2.05) is 71.0 Å². The highest BCUT2D eigenvalue weighted by Crippen LogP contribution is 2.71. The Hall–Kier alpha value is -3.85. The lowest BCUT2D eigenvalue weighted by molar-refractivity contribution is -0.603. The second-order valence-electron chi connectivity index (χ2n) is 16.3. The number of nitrogens with zero attached hydrogens (tertiary/aromatic N) is 1. The van der Waals surface area contributed by atoms with E-state index in [2.05, 4.69) is 52.8 Å². The highest BCUT2D eigenvalue weighted by molar-refractivity contribution is 6.11. The second kappa shape index (κ2) is 9.84. The fourth-order valence-corrected chi connectivity index (χ4v) is 8.46. The van der Waals surface area contributed by atoms with Crippen molar-refractivity contribution >= 4 is 27.6 Å². The lowest BCUT2D eigenvalue weighted by atomic mass is 9.57. The molecule has 8 heteroatoms. The van der Waals surface area contributed by atoms with Gasteiger partial charge in [0.25, 0.3) is 0 Å². The molecule has 4 aromatic carbocycles. The first-order valence-electron chi connectivity index (χ1n) is 16.3. The number of hydrogen-bond acceptors (Lipinski definition) is 7. The van der Waals surface area contributed by atoms with Crippen LogP contribution in [0.1, 0.15) is 80.4 Å². The fourth-order valence-electron chi connectivity index (χ4n) is 8.46. The van der Waals surface area contributed by atoms with E-state index in [1.54, 1.807) is 11.0 Å². The van der Waals surface area contributed by atoms with Gasteiger partial charge in [-0.05, 0) is 54.4 Å². The van der Waals surface area contributed by atoms with Gasteiger partial charge in [0.2, 0.25) is 11.5 Å². The summed E-state index contributed by atoms with van der Waals surface area (Å²) in [6, 6.07) is 19.8. The number of amides is 1. The molecule has 7 rings (SSSR count). The van der Waals surface area contributed by atoms with Crippen molar-refractivity contribution in [2.45, 2.75) is 98.6 Å². The molecule has 0 saturated carbocycles. The van der Waals surface area contributed by atoms with Crippen molar-refractivity contribution in [3.05, 3.63) is 71.8 Å². The summed E-state index contributed by atoms with van der Waals surface area (Å²) in [5.41, 5.74) is -0.909. The maximum Gasteiger partial charge on any atom is 0.413 e. The first kappa shape index (κ1) is 31.7. The topological polar surface area (TPSA) is 86.7 Å². The minimum Gasteiger partial charge on any atom is -0.507 e. The Morgan fingerprint density at radius 3 is 2.21 bits per heavy atom. The summed E-state index contributed by atoms with van der Waals surface area (Å²) >= 11 is 0. The number of phenols is 1. The molecule has 0 spiro atoms. The number of likely N-dealkylation sites (tertiary alicyclic amines) is 1. The maximum atomic E-state index is 14.1. The Morgan fingerprint density at radius 1 is 0.851 bits per heavy atom. The number of hydrogen-bond donors (Lipinski definition) is 1. The first-order valence-corrected chi connectivity index (χ1v) is 16.3. The van der Waals surface area contributed by atoms with Crippen molar-refractivity contribution in [2.75, 3.05) is 6.54 Å². The zero-order valence-electron chi connectivity index (χ0n) is 29.0. The van der Waals surface area contributed by atoms with Gasteiger partial charge in [0.15, 0.2) is 5.60 Å². The van der Waals surface area contributed by atoms with Gasteiger partial charge in [-0.2, -0.15) is 4.89 Å². The summed E-state index contributed by atoms with van der Waals surface area (Å²) in [4.78, 5) is 28.5. The van der Waals surface area contributed by atoms with Crippen LogP contribution in [0.5, 0.6) is 11.5 Å². The van der Waals surface area contributed by atoms with Gasteiger partial charge in [0.05, 0.1) is 6.61 Å². The lowest BCUT2D eigenvalue weighted by Crippen LogP contribution is -2.75. The van der Waals surface area contributed by atoms with Crippen LogP contribution in [-0.2, 0) is 31.6 Å². The largest absolute Gasteiger partial charge is 0.507 e. The third-order valence-electron chi connectivity index (χ3n) is 9.98. The standard InChI is InChI=1S/C39H45NO7/c1-34(2,3)39-36(7,8)22-40(33(42)45-35(4,5)6)38(39,46-47-39)28-17-13-16-27-26(28)18-19-29(41)30(27)31-25-15-12-11-14-23(25)20-24-21-43-37(9,10)44-32(24)31/h11-20,41H,21-22H2,1-10H3/t38-,39-/m0/s1.